The summed E-state index contributed by atoms with van der Waals surface area (Å²) in [5.74, 6) is -2.50. The largest absolute Gasteiger partial charge is 0.469 e. The highest BCUT2D eigenvalue weighted by atomic mass is 32.2. The Balaban J connectivity index is 2.71. The van der Waals surface area contributed by atoms with Gasteiger partial charge in [-0.25, -0.2) is 17.2 Å². The van der Waals surface area contributed by atoms with E-state index in [-0.39, 0.29) is 18.4 Å². The summed E-state index contributed by atoms with van der Waals surface area (Å²) in [4.78, 5) is 10.8. The van der Waals surface area contributed by atoms with Crippen LogP contribution in [-0.4, -0.2) is 27.2 Å². The van der Waals surface area contributed by atoms with Gasteiger partial charge < -0.3 is 4.74 Å². The van der Waals surface area contributed by atoms with Gasteiger partial charge in [0.15, 0.2) is 0 Å². The fourth-order valence-corrected chi connectivity index (χ4v) is 2.57. The Labute approximate surface area is 116 Å². The molecule has 0 saturated carbocycles. The molecule has 0 atom stereocenters. The third-order valence-electron chi connectivity index (χ3n) is 2.54. The highest BCUT2D eigenvalue weighted by Crippen LogP contribution is 2.20. The molecule has 1 aromatic rings. The summed E-state index contributed by atoms with van der Waals surface area (Å²) in [5, 5.41) is 0. The number of halogens is 2. The molecule has 0 fully saturated rings. The van der Waals surface area contributed by atoms with Gasteiger partial charge in [-0.3, -0.25) is 9.52 Å². The minimum absolute atomic E-state index is 0.0258. The standard InChI is InChI=1S/C12H15F2NO4S/c1-8-6-10(14)11(7-9(8)13)15-20(17,18)5-3-4-12(16)19-2/h6-7,15H,3-5H2,1-2H3. The van der Waals surface area contributed by atoms with Crippen LogP contribution in [0.2, 0.25) is 0 Å². The molecule has 0 aliphatic rings. The van der Waals surface area contributed by atoms with Crippen molar-refractivity contribution in [3.63, 3.8) is 0 Å². The van der Waals surface area contributed by atoms with E-state index in [9.17, 15) is 22.0 Å². The van der Waals surface area contributed by atoms with Gasteiger partial charge >= 0.3 is 5.97 Å². The van der Waals surface area contributed by atoms with Crippen LogP contribution < -0.4 is 4.72 Å². The minimum Gasteiger partial charge on any atom is -0.469 e. The Morgan fingerprint density at radius 2 is 1.95 bits per heavy atom. The molecule has 0 aromatic heterocycles. The average molecular weight is 307 g/mol. The fraction of sp³-hybridized carbons (Fsp3) is 0.417. The van der Waals surface area contributed by atoms with Crippen molar-refractivity contribution in [2.24, 2.45) is 0 Å². The zero-order valence-corrected chi connectivity index (χ0v) is 11.9. The van der Waals surface area contributed by atoms with Gasteiger partial charge in [-0.05, 0) is 25.0 Å². The second-order valence-electron chi connectivity index (χ2n) is 4.18. The molecule has 0 aliphatic carbocycles. The molecule has 0 unspecified atom stereocenters. The van der Waals surface area contributed by atoms with Gasteiger partial charge in [0.2, 0.25) is 10.0 Å². The maximum atomic E-state index is 13.5. The van der Waals surface area contributed by atoms with Crippen molar-refractivity contribution < 1.29 is 26.7 Å². The SMILES string of the molecule is COC(=O)CCCS(=O)(=O)Nc1cc(F)c(C)cc1F. The first-order chi connectivity index (χ1) is 9.25. The smallest absolute Gasteiger partial charge is 0.305 e. The van der Waals surface area contributed by atoms with E-state index in [1.54, 1.807) is 0 Å². The first kappa shape index (κ1) is 16.4. The molecule has 0 spiro atoms. The Morgan fingerprint density at radius 3 is 2.55 bits per heavy atom. The molecular weight excluding hydrogens is 292 g/mol. The summed E-state index contributed by atoms with van der Waals surface area (Å²) in [5.41, 5.74) is -0.373. The number of anilines is 1. The van der Waals surface area contributed by atoms with E-state index in [2.05, 4.69) is 4.74 Å². The van der Waals surface area contributed by atoms with E-state index in [1.165, 1.54) is 14.0 Å². The summed E-state index contributed by atoms with van der Waals surface area (Å²) in [7, 11) is -2.66. The molecule has 1 N–H and O–H groups in total. The van der Waals surface area contributed by atoms with Crippen molar-refractivity contribution in [2.75, 3.05) is 17.6 Å². The average Bonchev–Trinajstić information content (AvgIpc) is 2.35. The maximum Gasteiger partial charge on any atom is 0.305 e. The van der Waals surface area contributed by atoms with E-state index in [0.717, 1.165) is 12.1 Å². The lowest BCUT2D eigenvalue weighted by Crippen LogP contribution is -2.18. The Hall–Kier alpha value is -1.70. The first-order valence-corrected chi connectivity index (χ1v) is 7.43. The summed E-state index contributed by atoms with van der Waals surface area (Å²) >= 11 is 0. The van der Waals surface area contributed by atoms with Crippen LogP contribution in [0.5, 0.6) is 0 Å². The number of esters is 1. The Kier molecular flexibility index (Phi) is 5.43. The number of hydrogen-bond acceptors (Lipinski definition) is 4. The van der Waals surface area contributed by atoms with E-state index in [4.69, 9.17) is 0 Å². The third-order valence-corrected chi connectivity index (χ3v) is 3.89. The van der Waals surface area contributed by atoms with Crippen LogP contribution in [0.4, 0.5) is 14.5 Å². The summed E-state index contributed by atoms with van der Waals surface area (Å²) in [6, 6.07) is 1.68. The molecule has 20 heavy (non-hydrogen) atoms. The molecule has 1 rings (SSSR count). The number of rotatable bonds is 6. The van der Waals surface area contributed by atoms with Crippen molar-refractivity contribution in [1.82, 2.24) is 0 Å². The maximum absolute atomic E-state index is 13.5. The Bertz CT molecular complexity index is 602. The molecule has 1 aromatic carbocycles. The Morgan fingerprint density at radius 1 is 1.30 bits per heavy atom. The predicted octanol–water partition coefficient (Wildman–Crippen LogP) is 1.97. The number of aryl methyl sites for hydroxylation is 1. The highest BCUT2D eigenvalue weighted by molar-refractivity contribution is 7.92. The number of carbonyl (C=O) groups is 1. The quantitative estimate of drug-likeness (QED) is 0.816. The van der Waals surface area contributed by atoms with E-state index in [0.29, 0.717) is 0 Å². The topological polar surface area (TPSA) is 72.5 Å². The zero-order valence-electron chi connectivity index (χ0n) is 11.1. The fourth-order valence-electron chi connectivity index (χ4n) is 1.45. The van der Waals surface area contributed by atoms with Crippen molar-refractivity contribution in [2.45, 2.75) is 19.8 Å². The van der Waals surface area contributed by atoms with Gasteiger partial charge in [0.1, 0.15) is 11.6 Å². The van der Waals surface area contributed by atoms with E-state index in [1.807, 2.05) is 4.72 Å². The monoisotopic (exact) mass is 307 g/mol. The van der Waals surface area contributed by atoms with Crippen LogP contribution in [0.1, 0.15) is 18.4 Å². The molecule has 0 saturated heterocycles. The van der Waals surface area contributed by atoms with Gasteiger partial charge in [-0.2, -0.15) is 0 Å². The van der Waals surface area contributed by atoms with Crippen molar-refractivity contribution >= 4 is 21.7 Å². The van der Waals surface area contributed by atoms with Crippen molar-refractivity contribution in [3.8, 4) is 0 Å². The number of sulfonamides is 1. The van der Waals surface area contributed by atoms with Crippen LogP contribution >= 0.6 is 0 Å². The molecule has 112 valence electrons. The first-order valence-electron chi connectivity index (χ1n) is 5.78. The molecule has 0 amide bonds. The van der Waals surface area contributed by atoms with Crippen LogP contribution in [0.15, 0.2) is 12.1 Å². The summed E-state index contributed by atoms with van der Waals surface area (Å²) in [6.07, 6.45) is -0.0415. The second kappa shape index (κ2) is 6.65. The number of carbonyl (C=O) groups excluding carboxylic acids is 1. The molecule has 0 bridgehead atoms. The lowest BCUT2D eigenvalue weighted by molar-refractivity contribution is -0.140. The lowest BCUT2D eigenvalue weighted by atomic mass is 10.2. The van der Waals surface area contributed by atoms with Gasteiger partial charge in [0.05, 0.1) is 18.6 Å². The predicted molar refractivity (Wildman–Crippen MR) is 69.8 cm³/mol. The molecule has 5 nitrogen and oxygen atoms in total. The van der Waals surface area contributed by atoms with Crippen LogP contribution in [0.3, 0.4) is 0 Å². The normalized spacial score (nSPS) is 11.2. The number of ether oxygens (including phenoxy) is 1. The van der Waals surface area contributed by atoms with Crippen LogP contribution in [0.25, 0.3) is 0 Å². The number of benzene rings is 1. The molecular formula is C12H15F2NO4S. The summed E-state index contributed by atoms with van der Waals surface area (Å²) < 4.78 is 56.4. The van der Waals surface area contributed by atoms with Crippen LogP contribution in [-0.2, 0) is 19.6 Å². The van der Waals surface area contributed by atoms with Gasteiger partial charge in [-0.15, -0.1) is 0 Å². The van der Waals surface area contributed by atoms with Gasteiger partial charge in [0, 0.05) is 12.5 Å². The van der Waals surface area contributed by atoms with Crippen molar-refractivity contribution in [1.29, 1.82) is 0 Å². The number of nitrogens with one attached hydrogen (secondary N) is 1. The molecule has 0 radical (unpaired) electrons. The number of methoxy groups -OCH3 is 1. The van der Waals surface area contributed by atoms with Gasteiger partial charge in [0.25, 0.3) is 0 Å². The molecule has 8 heteroatoms. The van der Waals surface area contributed by atoms with Crippen molar-refractivity contribution in [3.05, 3.63) is 29.3 Å². The van der Waals surface area contributed by atoms with Crippen LogP contribution in [0, 0.1) is 18.6 Å². The number of hydrogen-bond donors (Lipinski definition) is 1. The van der Waals surface area contributed by atoms with Gasteiger partial charge in [-0.1, -0.05) is 0 Å². The molecule has 0 heterocycles. The highest BCUT2D eigenvalue weighted by Gasteiger charge is 2.15. The second-order valence-corrected chi connectivity index (χ2v) is 6.02. The van der Waals surface area contributed by atoms with E-state index < -0.39 is 39.1 Å². The zero-order chi connectivity index (χ0) is 15.3. The van der Waals surface area contributed by atoms with E-state index >= 15 is 0 Å². The summed E-state index contributed by atoms with van der Waals surface area (Å²) in [6.45, 7) is 1.37. The third kappa shape index (κ3) is 4.76. The lowest BCUT2D eigenvalue weighted by Gasteiger charge is -2.09. The molecule has 0 aliphatic heterocycles. The minimum atomic E-state index is -3.86.